The van der Waals surface area contributed by atoms with E-state index in [2.05, 4.69) is 28.2 Å². The van der Waals surface area contributed by atoms with E-state index in [0.29, 0.717) is 12.3 Å². The number of carbonyl (C=O) groups excluding carboxylic acids is 1. The molecule has 2 rings (SSSR count). The quantitative estimate of drug-likeness (QED) is 0.931. The molecule has 1 aromatic carbocycles. The van der Waals surface area contributed by atoms with Crippen LogP contribution in [0.2, 0.25) is 0 Å². The topological polar surface area (TPSA) is 32.3 Å². The first-order valence-electron chi connectivity index (χ1n) is 6.27. The molecule has 1 aromatic rings. The van der Waals surface area contributed by atoms with Crippen molar-refractivity contribution >= 4 is 27.5 Å². The second-order valence-electron chi connectivity index (χ2n) is 4.96. The maximum absolute atomic E-state index is 12.1. The summed E-state index contributed by atoms with van der Waals surface area (Å²) >= 11 is 3.53. The van der Waals surface area contributed by atoms with Gasteiger partial charge >= 0.3 is 0 Å². The number of nitrogens with one attached hydrogen (secondary N) is 1. The Morgan fingerprint density at radius 3 is 2.83 bits per heavy atom. The van der Waals surface area contributed by atoms with Crippen LogP contribution in [0.4, 0.5) is 5.69 Å². The van der Waals surface area contributed by atoms with E-state index < -0.39 is 0 Å². The van der Waals surface area contributed by atoms with Gasteiger partial charge in [-0.05, 0) is 38.6 Å². The number of aryl methyl sites for hydroxylation is 1. The number of hydrogen-bond acceptors (Lipinski definition) is 2. The highest BCUT2D eigenvalue weighted by Crippen LogP contribution is 2.32. The Kier molecular flexibility index (Phi) is 4.07. The highest BCUT2D eigenvalue weighted by Gasteiger charge is 2.37. The van der Waals surface area contributed by atoms with Crippen LogP contribution in [0.15, 0.2) is 22.7 Å². The van der Waals surface area contributed by atoms with Crippen molar-refractivity contribution in [2.75, 3.05) is 18.5 Å². The average Bonchev–Trinajstić information content (AvgIpc) is 2.59. The summed E-state index contributed by atoms with van der Waals surface area (Å²) in [6, 6.07) is 6.35. The first-order chi connectivity index (χ1) is 8.54. The monoisotopic (exact) mass is 310 g/mol. The van der Waals surface area contributed by atoms with Crippen molar-refractivity contribution in [2.45, 2.75) is 26.3 Å². The second kappa shape index (κ2) is 5.41. The number of benzene rings is 1. The number of hydrogen-bond donors (Lipinski definition) is 1. The van der Waals surface area contributed by atoms with E-state index in [-0.39, 0.29) is 11.9 Å². The fourth-order valence-corrected chi connectivity index (χ4v) is 2.91. The van der Waals surface area contributed by atoms with Gasteiger partial charge in [0.1, 0.15) is 0 Å². The predicted molar refractivity (Wildman–Crippen MR) is 77.9 cm³/mol. The van der Waals surface area contributed by atoms with Crippen molar-refractivity contribution in [1.29, 1.82) is 0 Å². The molecule has 1 saturated heterocycles. The molecule has 2 atom stereocenters. The van der Waals surface area contributed by atoms with E-state index in [1.165, 1.54) is 5.56 Å². The Morgan fingerprint density at radius 2 is 2.22 bits per heavy atom. The third kappa shape index (κ3) is 2.45. The Labute approximate surface area is 117 Å². The molecule has 1 aliphatic heterocycles. The summed E-state index contributed by atoms with van der Waals surface area (Å²) in [5.74, 6) is 0.612. The first kappa shape index (κ1) is 13.6. The molecule has 1 fully saturated rings. The first-order valence-corrected chi connectivity index (χ1v) is 7.06. The van der Waals surface area contributed by atoms with Gasteiger partial charge in [0.15, 0.2) is 0 Å². The van der Waals surface area contributed by atoms with Gasteiger partial charge < -0.3 is 10.2 Å². The van der Waals surface area contributed by atoms with Crippen LogP contribution in [-0.4, -0.2) is 25.5 Å². The summed E-state index contributed by atoms with van der Waals surface area (Å²) < 4.78 is 1.05. The zero-order chi connectivity index (χ0) is 13.3. The summed E-state index contributed by atoms with van der Waals surface area (Å²) in [5, 5.41) is 3.16. The minimum atomic E-state index is 0.221. The molecule has 1 amide bonds. The van der Waals surface area contributed by atoms with Gasteiger partial charge in [0.2, 0.25) is 5.91 Å². The smallest absolute Gasteiger partial charge is 0.227 e. The van der Waals surface area contributed by atoms with E-state index in [1.54, 1.807) is 0 Å². The van der Waals surface area contributed by atoms with Gasteiger partial charge in [0, 0.05) is 35.1 Å². The molecule has 1 N–H and O–H groups in total. The van der Waals surface area contributed by atoms with E-state index in [9.17, 15) is 4.79 Å². The molecule has 18 heavy (non-hydrogen) atoms. The maximum Gasteiger partial charge on any atom is 0.227 e. The molecule has 0 spiro atoms. The van der Waals surface area contributed by atoms with Crippen LogP contribution in [0.3, 0.4) is 0 Å². The highest BCUT2D eigenvalue weighted by molar-refractivity contribution is 9.10. The van der Waals surface area contributed by atoms with E-state index in [0.717, 1.165) is 16.7 Å². The molecular formula is C14H19BrN2O. The minimum Gasteiger partial charge on any atom is -0.319 e. The average molecular weight is 311 g/mol. The van der Waals surface area contributed by atoms with Gasteiger partial charge in [0.05, 0.1) is 0 Å². The van der Waals surface area contributed by atoms with Crippen molar-refractivity contribution in [2.24, 2.45) is 5.92 Å². The number of anilines is 1. The van der Waals surface area contributed by atoms with Crippen LogP contribution in [0, 0.1) is 12.8 Å². The molecule has 2 unspecified atom stereocenters. The number of amides is 1. The third-order valence-corrected chi connectivity index (χ3v) is 4.55. The largest absolute Gasteiger partial charge is 0.319 e. The zero-order valence-corrected chi connectivity index (χ0v) is 12.6. The normalized spacial score (nSPS) is 23.8. The molecule has 0 aromatic heterocycles. The Bertz CT molecular complexity index is 461. The van der Waals surface area contributed by atoms with Gasteiger partial charge in [-0.25, -0.2) is 0 Å². The number of halogens is 1. The Hall–Kier alpha value is -0.870. The summed E-state index contributed by atoms with van der Waals surface area (Å²) in [7, 11) is 1.93. The van der Waals surface area contributed by atoms with E-state index in [1.807, 2.05) is 37.1 Å². The van der Waals surface area contributed by atoms with Crippen molar-refractivity contribution in [3.05, 3.63) is 28.2 Å². The van der Waals surface area contributed by atoms with Crippen LogP contribution in [0.1, 0.15) is 18.9 Å². The van der Waals surface area contributed by atoms with Crippen LogP contribution in [0.5, 0.6) is 0 Å². The molecule has 0 aliphatic carbocycles. The number of nitrogens with zero attached hydrogens (tertiary/aromatic N) is 1. The summed E-state index contributed by atoms with van der Waals surface area (Å²) in [4.78, 5) is 14.1. The lowest BCUT2D eigenvalue weighted by Gasteiger charge is -2.25. The lowest BCUT2D eigenvalue weighted by atomic mass is 10.0. The number of rotatable bonds is 3. The van der Waals surface area contributed by atoms with E-state index in [4.69, 9.17) is 0 Å². The molecule has 0 bridgehead atoms. The van der Waals surface area contributed by atoms with Crippen molar-refractivity contribution in [3.63, 3.8) is 0 Å². The predicted octanol–water partition coefficient (Wildman–Crippen LogP) is 2.72. The van der Waals surface area contributed by atoms with Gasteiger partial charge in [-0.2, -0.15) is 0 Å². The van der Waals surface area contributed by atoms with Gasteiger partial charge in [0.25, 0.3) is 0 Å². The fourth-order valence-electron chi connectivity index (χ4n) is 2.55. The number of carbonyl (C=O) groups is 1. The molecule has 1 heterocycles. The highest BCUT2D eigenvalue weighted by atomic mass is 79.9. The Balaban J connectivity index is 2.27. The summed E-state index contributed by atoms with van der Waals surface area (Å²) in [5.41, 5.74) is 2.17. The lowest BCUT2D eigenvalue weighted by molar-refractivity contribution is -0.117. The molecule has 0 saturated carbocycles. The minimum absolute atomic E-state index is 0.221. The fraction of sp³-hybridized carbons (Fsp3) is 0.500. The van der Waals surface area contributed by atoms with Crippen LogP contribution in [-0.2, 0) is 4.79 Å². The molecule has 1 aliphatic rings. The van der Waals surface area contributed by atoms with Gasteiger partial charge in [-0.1, -0.05) is 22.0 Å². The Morgan fingerprint density at radius 1 is 1.50 bits per heavy atom. The van der Waals surface area contributed by atoms with Gasteiger partial charge in [-0.15, -0.1) is 0 Å². The molecule has 3 nitrogen and oxygen atoms in total. The van der Waals surface area contributed by atoms with Crippen molar-refractivity contribution < 1.29 is 4.79 Å². The van der Waals surface area contributed by atoms with Crippen LogP contribution >= 0.6 is 15.9 Å². The van der Waals surface area contributed by atoms with Crippen LogP contribution < -0.4 is 10.2 Å². The maximum atomic E-state index is 12.1. The van der Waals surface area contributed by atoms with E-state index >= 15 is 0 Å². The second-order valence-corrected chi connectivity index (χ2v) is 5.81. The van der Waals surface area contributed by atoms with Crippen molar-refractivity contribution in [3.8, 4) is 0 Å². The lowest BCUT2D eigenvalue weighted by Crippen LogP contribution is -2.35. The SMILES string of the molecule is CNCC1CC(=O)N(c2ccc(C)c(Br)c2)C1C. The summed E-state index contributed by atoms with van der Waals surface area (Å²) in [6.07, 6.45) is 0.632. The summed E-state index contributed by atoms with van der Waals surface area (Å²) in [6.45, 7) is 5.06. The van der Waals surface area contributed by atoms with Gasteiger partial charge in [-0.3, -0.25) is 4.79 Å². The molecular weight excluding hydrogens is 292 g/mol. The third-order valence-electron chi connectivity index (χ3n) is 3.69. The zero-order valence-electron chi connectivity index (χ0n) is 11.0. The molecule has 98 valence electrons. The molecule has 0 radical (unpaired) electrons. The standard InChI is InChI=1S/C14H19BrN2O/c1-9-4-5-12(7-13(9)15)17-10(2)11(8-16-3)6-14(17)18/h4-5,7,10-11,16H,6,8H2,1-3H3. The van der Waals surface area contributed by atoms with Crippen molar-refractivity contribution in [1.82, 2.24) is 5.32 Å². The molecule has 4 heteroatoms. The van der Waals surface area contributed by atoms with Crippen LogP contribution in [0.25, 0.3) is 0 Å².